The predicted octanol–water partition coefficient (Wildman–Crippen LogP) is 6.18. The average Bonchev–Trinajstić information content (AvgIpc) is 3.14. The molecular weight excluding hydrogens is 440 g/mol. The van der Waals surface area contributed by atoms with E-state index in [1.807, 2.05) is 72.8 Å². The maximum Gasteiger partial charge on any atom is 0.173 e. The Labute approximate surface area is 205 Å². The van der Waals surface area contributed by atoms with Gasteiger partial charge in [-0.2, -0.15) is 0 Å². The molecule has 0 bridgehead atoms. The minimum atomic E-state index is -0.0680. The van der Waals surface area contributed by atoms with E-state index in [1.165, 1.54) is 0 Å². The summed E-state index contributed by atoms with van der Waals surface area (Å²) in [6, 6.07) is 35.4. The summed E-state index contributed by atoms with van der Waals surface area (Å²) in [4.78, 5) is 4.38. The van der Waals surface area contributed by atoms with Gasteiger partial charge >= 0.3 is 0 Å². The molecule has 1 fully saturated rings. The maximum atomic E-state index is 10.5. The number of hydrogen-bond donors (Lipinski definition) is 2. The largest absolute Gasteiger partial charge is 0.508 e. The molecule has 2 atom stereocenters. The molecule has 0 aliphatic carbocycles. The second-order valence-electron chi connectivity index (χ2n) is 8.51. The van der Waals surface area contributed by atoms with Crippen molar-refractivity contribution in [2.24, 2.45) is 0 Å². The Hall–Kier alpha value is -3.83. The summed E-state index contributed by atoms with van der Waals surface area (Å²) >= 11 is 6.09. The molecule has 2 N–H and O–H groups in total. The van der Waals surface area contributed by atoms with Gasteiger partial charge in [0.25, 0.3) is 0 Å². The lowest BCUT2D eigenvalue weighted by Gasteiger charge is -2.30. The van der Waals surface area contributed by atoms with Gasteiger partial charge in [0.05, 0.1) is 12.1 Å². The van der Waals surface area contributed by atoms with Crippen LogP contribution in [-0.4, -0.2) is 25.1 Å². The Morgan fingerprint density at radius 2 is 0.882 bits per heavy atom. The first-order valence-corrected chi connectivity index (χ1v) is 11.7. The van der Waals surface area contributed by atoms with Crippen LogP contribution in [0.2, 0.25) is 0 Å². The summed E-state index contributed by atoms with van der Waals surface area (Å²) in [5.74, 6) is 0.514. The smallest absolute Gasteiger partial charge is 0.173 e. The van der Waals surface area contributed by atoms with Gasteiger partial charge in [-0.3, -0.25) is 0 Å². The van der Waals surface area contributed by atoms with Crippen LogP contribution in [0.15, 0.2) is 109 Å². The Balaban J connectivity index is 1.63. The van der Waals surface area contributed by atoms with Crippen LogP contribution in [0.4, 0.5) is 0 Å². The Morgan fingerprint density at radius 1 is 0.529 bits per heavy atom. The molecule has 4 aromatic rings. The molecule has 1 heterocycles. The van der Waals surface area contributed by atoms with Crippen molar-refractivity contribution in [3.63, 3.8) is 0 Å². The molecule has 4 aromatic carbocycles. The number of hydrogen-bond acceptors (Lipinski definition) is 3. The molecule has 0 unspecified atom stereocenters. The van der Waals surface area contributed by atoms with Crippen LogP contribution in [0.3, 0.4) is 0 Å². The number of rotatable bonds is 6. The summed E-state index contributed by atoms with van der Waals surface area (Å²) in [7, 11) is 0. The normalized spacial score (nSPS) is 17.8. The minimum Gasteiger partial charge on any atom is -0.508 e. The van der Waals surface area contributed by atoms with Crippen molar-refractivity contribution in [2.75, 3.05) is 0 Å². The lowest BCUT2D eigenvalue weighted by atomic mass is 9.92. The maximum absolute atomic E-state index is 10.5. The van der Waals surface area contributed by atoms with E-state index in [2.05, 4.69) is 34.1 Å². The van der Waals surface area contributed by atoms with Crippen LogP contribution >= 0.6 is 12.2 Å². The summed E-state index contributed by atoms with van der Waals surface area (Å²) in [6.45, 7) is 0.956. The number of phenols is 2. The predicted molar refractivity (Wildman–Crippen MR) is 138 cm³/mol. The van der Waals surface area contributed by atoms with Gasteiger partial charge in [-0.15, -0.1) is 0 Å². The fourth-order valence-electron chi connectivity index (χ4n) is 4.76. The Morgan fingerprint density at radius 3 is 1.26 bits per heavy atom. The van der Waals surface area contributed by atoms with Crippen LogP contribution in [0, 0.1) is 0 Å². The SMILES string of the molecule is Oc1ccccc1CN1C(=S)N(Cc2ccccc2O)[C@H](c2ccccc2)[C@H]1c1ccccc1. The summed E-state index contributed by atoms with van der Waals surface area (Å²) in [6.07, 6.45) is 0. The van der Waals surface area contributed by atoms with Gasteiger partial charge in [0, 0.05) is 24.2 Å². The fourth-order valence-corrected chi connectivity index (χ4v) is 5.11. The zero-order valence-electron chi connectivity index (χ0n) is 18.7. The summed E-state index contributed by atoms with van der Waals surface area (Å²) in [5, 5.41) is 21.7. The van der Waals surface area contributed by atoms with E-state index in [0.29, 0.717) is 18.2 Å². The molecule has 4 nitrogen and oxygen atoms in total. The van der Waals surface area contributed by atoms with Crippen molar-refractivity contribution < 1.29 is 10.2 Å². The third kappa shape index (κ3) is 4.22. The number of aromatic hydroxyl groups is 2. The zero-order chi connectivity index (χ0) is 23.5. The van der Waals surface area contributed by atoms with Gasteiger partial charge in [0.2, 0.25) is 0 Å². The van der Waals surface area contributed by atoms with Gasteiger partial charge < -0.3 is 20.0 Å². The second kappa shape index (κ2) is 9.57. The highest BCUT2D eigenvalue weighted by atomic mass is 32.1. The number of phenolic OH excluding ortho intramolecular Hbond substituents is 2. The molecule has 5 rings (SSSR count). The molecule has 5 heteroatoms. The number of benzene rings is 4. The van der Waals surface area contributed by atoms with E-state index >= 15 is 0 Å². The van der Waals surface area contributed by atoms with Gasteiger partial charge in [-0.05, 0) is 35.5 Å². The van der Waals surface area contributed by atoms with Gasteiger partial charge in [-0.1, -0.05) is 97.1 Å². The van der Waals surface area contributed by atoms with Crippen molar-refractivity contribution in [3.8, 4) is 11.5 Å². The van der Waals surface area contributed by atoms with Crippen molar-refractivity contribution >= 4 is 17.3 Å². The van der Waals surface area contributed by atoms with E-state index < -0.39 is 0 Å². The van der Waals surface area contributed by atoms with Crippen LogP contribution in [0.1, 0.15) is 34.3 Å². The first kappa shape index (κ1) is 22.0. The zero-order valence-corrected chi connectivity index (χ0v) is 19.5. The highest BCUT2D eigenvalue weighted by Gasteiger charge is 2.45. The lowest BCUT2D eigenvalue weighted by molar-refractivity contribution is 0.260. The number of nitrogens with zero attached hydrogens (tertiary/aromatic N) is 2. The molecular formula is C29H26N2O2S. The molecule has 34 heavy (non-hydrogen) atoms. The van der Waals surface area contributed by atoms with Gasteiger partial charge in [0.1, 0.15) is 11.5 Å². The van der Waals surface area contributed by atoms with Crippen molar-refractivity contribution in [1.29, 1.82) is 0 Å². The third-order valence-electron chi connectivity index (χ3n) is 6.41. The molecule has 0 spiro atoms. The molecule has 1 aliphatic heterocycles. The number of para-hydroxylation sites is 2. The third-order valence-corrected chi connectivity index (χ3v) is 6.88. The van der Waals surface area contributed by atoms with Crippen molar-refractivity contribution in [2.45, 2.75) is 25.2 Å². The highest BCUT2D eigenvalue weighted by molar-refractivity contribution is 7.80. The van der Waals surface area contributed by atoms with E-state index in [9.17, 15) is 10.2 Å². The van der Waals surface area contributed by atoms with Crippen LogP contribution in [0.5, 0.6) is 11.5 Å². The molecule has 0 aromatic heterocycles. The van der Waals surface area contributed by atoms with Crippen LogP contribution in [0.25, 0.3) is 0 Å². The van der Waals surface area contributed by atoms with Gasteiger partial charge in [-0.25, -0.2) is 0 Å². The summed E-state index contributed by atoms with van der Waals surface area (Å²) in [5.41, 5.74) is 3.94. The van der Waals surface area contributed by atoms with Crippen molar-refractivity contribution in [1.82, 2.24) is 9.80 Å². The van der Waals surface area contributed by atoms with Crippen LogP contribution < -0.4 is 0 Å². The van der Waals surface area contributed by atoms with Crippen molar-refractivity contribution in [3.05, 3.63) is 131 Å². The van der Waals surface area contributed by atoms with E-state index in [1.54, 1.807) is 12.1 Å². The highest BCUT2D eigenvalue weighted by Crippen LogP contribution is 2.47. The van der Waals surface area contributed by atoms with E-state index in [4.69, 9.17) is 12.2 Å². The Kier molecular flexibility index (Phi) is 6.19. The van der Waals surface area contributed by atoms with Crippen LogP contribution in [-0.2, 0) is 13.1 Å². The quantitative estimate of drug-likeness (QED) is 0.332. The molecule has 0 saturated carbocycles. The fraction of sp³-hybridized carbons (Fsp3) is 0.138. The topological polar surface area (TPSA) is 46.9 Å². The van der Waals surface area contributed by atoms with E-state index in [0.717, 1.165) is 22.3 Å². The molecule has 170 valence electrons. The average molecular weight is 467 g/mol. The first-order chi connectivity index (χ1) is 16.6. The molecule has 1 saturated heterocycles. The number of thiocarbonyl (C=S) groups is 1. The minimum absolute atomic E-state index is 0.0680. The second-order valence-corrected chi connectivity index (χ2v) is 8.87. The molecule has 1 aliphatic rings. The first-order valence-electron chi connectivity index (χ1n) is 11.3. The monoisotopic (exact) mass is 466 g/mol. The molecule has 0 radical (unpaired) electrons. The standard InChI is InChI=1S/C29H26N2O2S/c32-25-17-9-7-15-23(25)19-30-27(21-11-3-1-4-12-21)28(22-13-5-2-6-14-22)31(29(30)34)20-24-16-8-10-18-26(24)33/h1-18,27-28,32-33H,19-20H2/t27-,28-/m1/s1. The Bertz CT molecular complexity index is 1180. The summed E-state index contributed by atoms with van der Waals surface area (Å²) < 4.78 is 0. The lowest BCUT2D eigenvalue weighted by Crippen LogP contribution is -2.32. The molecule has 0 amide bonds. The van der Waals surface area contributed by atoms with E-state index in [-0.39, 0.29) is 23.6 Å². The van der Waals surface area contributed by atoms with Gasteiger partial charge in [0.15, 0.2) is 5.11 Å².